The second-order valence-corrected chi connectivity index (χ2v) is 9.66. The van der Waals surface area contributed by atoms with Crippen molar-refractivity contribution < 1.29 is 33.9 Å². The number of H-pyrrole nitrogens is 1. The van der Waals surface area contributed by atoms with Crippen molar-refractivity contribution >= 4 is 46.4 Å². The number of aromatic nitrogens is 1. The van der Waals surface area contributed by atoms with Crippen molar-refractivity contribution in [1.82, 2.24) is 20.9 Å². The molecule has 1 aromatic carbocycles. The van der Waals surface area contributed by atoms with Gasteiger partial charge in [-0.3, -0.25) is 24.0 Å². The molecular formula is C25H35N7O7. The molecule has 14 nitrogen and oxygen atoms in total. The van der Waals surface area contributed by atoms with E-state index in [4.69, 9.17) is 17.2 Å². The second kappa shape index (κ2) is 13.9. The number of aromatic amines is 1. The first kappa shape index (κ1) is 30.8. The highest BCUT2D eigenvalue weighted by atomic mass is 16.4. The lowest BCUT2D eigenvalue weighted by molar-refractivity contribution is -0.143. The van der Waals surface area contributed by atoms with E-state index in [1.165, 1.54) is 0 Å². The maximum absolute atomic E-state index is 13.4. The molecule has 0 spiro atoms. The van der Waals surface area contributed by atoms with Crippen molar-refractivity contribution in [3.63, 3.8) is 0 Å². The summed E-state index contributed by atoms with van der Waals surface area (Å²) < 4.78 is 0. The van der Waals surface area contributed by atoms with Gasteiger partial charge in [0.1, 0.15) is 18.1 Å². The monoisotopic (exact) mass is 545 g/mol. The van der Waals surface area contributed by atoms with Gasteiger partial charge in [-0.25, -0.2) is 4.79 Å². The maximum Gasteiger partial charge on any atom is 0.326 e. The van der Waals surface area contributed by atoms with Gasteiger partial charge in [0.25, 0.3) is 0 Å². The zero-order valence-electron chi connectivity index (χ0n) is 21.7. The van der Waals surface area contributed by atoms with Crippen LogP contribution >= 0.6 is 0 Å². The highest BCUT2D eigenvalue weighted by Crippen LogP contribution is 2.19. The summed E-state index contributed by atoms with van der Waals surface area (Å²) in [4.78, 5) is 76.5. The van der Waals surface area contributed by atoms with E-state index in [2.05, 4.69) is 20.9 Å². The normalized spacial score (nSPS) is 14.2. The molecule has 2 aromatic rings. The van der Waals surface area contributed by atoms with Crippen LogP contribution in [0.1, 0.15) is 38.7 Å². The number of carboxylic acid groups (broad SMARTS) is 1. The fraction of sp³-hybridized carbons (Fsp3) is 0.440. The fourth-order valence-corrected chi connectivity index (χ4v) is 3.97. The smallest absolute Gasteiger partial charge is 0.326 e. The van der Waals surface area contributed by atoms with Crippen LogP contribution in [0.15, 0.2) is 30.5 Å². The molecule has 1 aromatic heterocycles. The number of aliphatic carboxylic acids is 1. The lowest BCUT2D eigenvalue weighted by Gasteiger charge is -2.25. The number of fused-ring (bicyclic) bond motifs is 1. The molecule has 0 fully saturated rings. The highest BCUT2D eigenvalue weighted by molar-refractivity contribution is 5.97. The summed E-state index contributed by atoms with van der Waals surface area (Å²) >= 11 is 0. The number of amides is 5. The molecule has 0 saturated carbocycles. The molecule has 0 bridgehead atoms. The number of hydrogen-bond acceptors (Lipinski definition) is 7. The summed E-state index contributed by atoms with van der Waals surface area (Å²) in [5.41, 5.74) is 17.6. The SMILES string of the molecule is CC(C)CC(NC(=O)C(CC(N)=O)NC(=O)C(Cc1c[nH]c2ccccc12)NC(=O)C(N)CC(N)=O)C(=O)O. The Bertz CT molecular complexity index is 1230. The molecule has 2 rings (SSSR count). The molecule has 0 radical (unpaired) electrons. The third kappa shape index (κ3) is 9.41. The van der Waals surface area contributed by atoms with Crippen molar-refractivity contribution in [2.75, 3.05) is 0 Å². The van der Waals surface area contributed by atoms with Gasteiger partial charge in [0.05, 0.1) is 18.9 Å². The van der Waals surface area contributed by atoms with E-state index < -0.39 is 72.5 Å². The lowest BCUT2D eigenvalue weighted by atomic mass is 10.0. The van der Waals surface area contributed by atoms with Crippen molar-refractivity contribution in [1.29, 1.82) is 0 Å². The first-order chi connectivity index (χ1) is 18.3. The number of carbonyl (C=O) groups is 6. The Labute approximate surface area is 224 Å². The van der Waals surface area contributed by atoms with E-state index in [1.54, 1.807) is 32.2 Å². The largest absolute Gasteiger partial charge is 0.480 e. The minimum atomic E-state index is -1.52. The van der Waals surface area contributed by atoms with Crippen LogP contribution in [0.4, 0.5) is 0 Å². The van der Waals surface area contributed by atoms with Crippen LogP contribution in [-0.2, 0) is 35.2 Å². The van der Waals surface area contributed by atoms with Gasteiger partial charge in [0.15, 0.2) is 0 Å². The molecule has 11 N–H and O–H groups in total. The third-order valence-electron chi connectivity index (χ3n) is 5.85. The summed E-state index contributed by atoms with van der Waals surface area (Å²) in [5.74, 6) is -5.73. The summed E-state index contributed by atoms with van der Waals surface area (Å²) in [6, 6.07) is 1.80. The number of primary amides is 2. The zero-order valence-corrected chi connectivity index (χ0v) is 21.7. The van der Waals surface area contributed by atoms with Gasteiger partial charge < -0.3 is 43.2 Å². The number of carboxylic acids is 1. The minimum Gasteiger partial charge on any atom is -0.480 e. The Kier molecular flexibility index (Phi) is 11.0. The van der Waals surface area contributed by atoms with Crippen molar-refractivity contribution in [3.8, 4) is 0 Å². The predicted molar refractivity (Wildman–Crippen MR) is 140 cm³/mol. The van der Waals surface area contributed by atoms with Gasteiger partial charge in [-0.05, 0) is 24.0 Å². The molecule has 212 valence electrons. The van der Waals surface area contributed by atoms with Gasteiger partial charge in [0, 0.05) is 23.5 Å². The molecule has 0 aliphatic carbocycles. The average molecular weight is 546 g/mol. The van der Waals surface area contributed by atoms with Crippen LogP contribution in [0.3, 0.4) is 0 Å². The number of benzene rings is 1. The summed E-state index contributed by atoms with van der Waals surface area (Å²) in [6.45, 7) is 3.54. The van der Waals surface area contributed by atoms with Gasteiger partial charge in [-0.2, -0.15) is 0 Å². The molecule has 1 heterocycles. The molecule has 0 aliphatic rings. The summed E-state index contributed by atoms with van der Waals surface area (Å²) in [5, 5.41) is 17.4. The molecule has 39 heavy (non-hydrogen) atoms. The number of hydrogen-bond donors (Lipinski definition) is 8. The number of nitrogens with one attached hydrogen (secondary N) is 4. The first-order valence-electron chi connectivity index (χ1n) is 12.3. The predicted octanol–water partition coefficient (Wildman–Crippen LogP) is -1.63. The Morgan fingerprint density at radius 2 is 1.41 bits per heavy atom. The molecule has 14 heteroatoms. The molecule has 5 amide bonds. The van der Waals surface area contributed by atoms with Crippen LogP contribution < -0.4 is 33.2 Å². The van der Waals surface area contributed by atoms with Crippen LogP contribution in [-0.4, -0.2) is 69.8 Å². The number of para-hydroxylation sites is 1. The molecular weight excluding hydrogens is 510 g/mol. The van der Waals surface area contributed by atoms with Crippen molar-refractivity contribution in [2.45, 2.75) is 63.7 Å². The summed E-state index contributed by atoms with van der Waals surface area (Å²) in [6.07, 6.45) is 0.612. The average Bonchev–Trinajstić information content (AvgIpc) is 3.24. The second-order valence-electron chi connectivity index (χ2n) is 9.66. The Morgan fingerprint density at radius 1 is 0.846 bits per heavy atom. The number of carbonyl (C=O) groups excluding carboxylic acids is 5. The van der Waals surface area contributed by atoms with E-state index >= 15 is 0 Å². The van der Waals surface area contributed by atoms with E-state index in [1.807, 2.05) is 12.1 Å². The van der Waals surface area contributed by atoms with E-state index in [-0.39, 0.29) is 18.8 Å². The van der Waals surface area contributed by atoms with Crippen LogP contribution in [0, 0.1) is 5.92 Å². The highest BCUT2D eigenvalue weighted by Gasteiger charge is 2.32. The third-order valence-corrected chi connectivity index (χ3v) is 5.85. The van der Waals surface area contributed by atoms with Crippen molar-refractivity contribution in [3.05, 3.63) is 36.0 Å². The maximum atomic E-state index is 13.4. The van der Waals surface area contributed by atoms with Crippen LogP contribution in [0.2, 0.25) is 0 Å². The van der Waals surface area contributed by atoms with Gasteiger partial charge in [-0.1, -0.05) is 32.0 Å². The van der Waals surface area contributed by atoms with E-state index in [0.717, 1.165) is 10.9 Å². The Balaban J connectivity index is 2.31. The molecule has 0 saturated heterocycles. The standard InChI is InChI=1S/C25H35N7O7/c1-12(2)7-19(25(38)39)32-24(37)18(10-21(28)34)31-23(36)17(30-22(35)15(26)9-20(27)33)8-13-11-29-16-6-4-3-5-14(13)16/h3-6,11-12,15,17-19,29H,7-10,26H2,1-2H3,(H2,27,33)(H2,28,34)(H,30,35)(H,31,36)(H,32,37)(H,38,39). The molecule has 0 aliphatic heterocycles. The Hall–Kier alpha value is -4.46. The molecule has 4 atom stereocenters. The van der Waals surface area contributed by atoms with Gasteiger partial charge >= 0.3 is 5.97 Å². The number of rotatable bonds is 15. The van der Waals surface area contributed by atoms with Crippen molar-refractivity contribution in [2.24, 2.45) is 23.1 Å². The summed E-state index contributed by atoms with van der Waals surface area (Å²) in [7, 11) is 0. The van der Waals surface area contributed by atoms with E-state index in [0.29, 0.717) is 5.56 Å². The fourth-order valence-electron chi connectivity index (χ4n) is 3.97. The topological polar surface area (TPSA) is 253 Å². The zero-order chi connectivity index (χ0) is 29.3. The van der Waals surface area contributed by atoms with Crippen LogP contribution in [0.5, 0.6) is 0 Å². The van der Waals surface area contributed by atoms with Gasteiger partial charge in [-0.15, -0.1) is 0 Å². The van der Waals surface area contributed by atoms with Crippen LogP contribution in [0.25, 0.3) is 10.9 Å². The Morgan fingerprint density at radius 3 is 2.00 bits per heavy atom. The quantitative estimate of drug-likeness (QED) is 0.129. The molecule has 4 unspecified atom stereocenters. The lowest BCUT2D eigenvalue weighted by Crippen LogP contribution is -2.58. The van der Waals surface area contributed by atoms with E-state index in [9.17, 15) is 33.9 Å². The number of nitrogens with two attached hydrogens (primary N) is 3. The van der Waals surface area contributed by atoms with Gasteiger partial charge in [0.2, 0.25) is 29.5 Å². The minimum absolute atomic E-state index is 0.0547. The first-order valence-corrected chi connectivity index (χ1v) is 12.3.